The fourth-order valence-corrected chi connectivity index (χ4v) is 3.63. The van der Waals surface area contributed by atoms with Crippen molar-refractivity contribution in [1.29, 1.82) is 0 Å². The normalized spacial score (nSPS) is 17.2. The first-order valence-corrected chi connectivity index (χ1v) is 8.88. The SMILES string of the molecule is CN=C(NCCOC)NCC(c1ccc(C)s1)N1CCOCC1.I. The maximum absolute atomic E-state index is 5.49. The highest BCUT2D eigenvalue weighted by molar-refractivity contribution is 14.0. The molecule has 0 saturated carbocycles. The third-order valence-electron chi connectivity index (χ3n) is 3.86. The second-order valence-electron chi connectivity index (χ2n) is 5.49. The summed E-state index contributed by atoms with van der Waals surface area (Å²) in [7, 11) is 3.49. The lowest BCUT2D eigenvalue weighted by atomic mass is 10.2. The maximum Gasteiger partial charge on any atom is 0.191 e. The molecule has 0 bridgehead atoms. The molecule has 8 heteroatoms. The second kappa shape index (κ2) is 12.0. The van der Waals surface area contributed by atoms with Crippen molar-refractivity contribution >= 4 is 41.3 Å². The molecule has 1 aliphatic rings. The van der Waals surface area contributed by atoms with Crippen LogP contribution in [0.25, 0.3) is 0 Å². The summed E-state index contributed by atoms with van der Waals surface area (Å²) in [5.41, 5.74) is 0. The van der Waals surface area contributed by atoms with E-state index in [1.54, 1.807) is 14.2 Å². The van der Waals surface area contributed by atoms with Gasteiger partial charge in [0.15, 0.2) is 5.96 Å². The van der Waals surface area contributed by atoms with Crippen LogP contribution in [0.1, 0.15) is 15.8 Å². The van der Waals surface area contributed by atoms with E-state index in [2.05, 4.69) is 39.6 Å². The highest BCUT2D eigenvalue weighted by atomic mass is 127. The van der Waals surface area contributed by atoms with Crippen LogP contribution >= 0.6 is 35.3 Å². The van der Waals surface area contributed by atoms with Gasteiger partial charge in [0, 0.05) is 50.1 Å². The highest BCUT2D eigenvalue weighted by Gasteiger charge is 2.24. The van der Waals surface area contributed by atoms with Gasteiger partial charge in [-0.3, -0.25) is 9.89 Å². The second-order valence-corrected chi connectivity index (χ2v) is 6.80. The van der Waals surface area contributed by atoms with Gasteiger partial charge in [0.2, 0.25) is 0 Å². The van der Waals surface area contributed by atoms with Crippen LogP contribution in [0.15, 0.2) is 17.1 Å². The van der Waals surface area contributed by atoms with E-state index >= 15 is 0 Å². The monoisotopic (exact) mass is 468 g/mol. The van der Waals surface area contributed by atoms with Crippen molar-refractivity contribution in [3.63, 3.8) is 0 Å². The molecule has 1 fully saturated rings. The van der Waals surface area contributed by atoms with Crippen LogP contribution in [0.4, 0.5) is 0 Å². The molecule has 2 rings (SSSR count). The lowest BCUT2D eigenvalue weighted by Gasteiger charge is -2.34. The van der Waals surface area contributed by atoms with Gasteiger partial charge in [-0.25, -0.2) is 0 Å². The quantitative estimate of drug-likeness (QED) is 0.277. The topological polar surface area (TPSA) is 58.1 Å². The van der Waals surface area contributed by atoms with Crippen LogP contribution in [0, 0.1) is 6.92 Å². The lowest BCUT2D eigenvalue weighted by Crippen LogP contribution is -2.46. The molecule has 0 radical (unpaired) electrons. The minimum atomic E-state index is 0. The van der Waals surface area contributed by atoms with Crippen LogP contribution in [0.5, 0.6) is 0 Å². The maximum atomic E-state index is 5.49. The van der Waals surface area contributed by atoms with E-state index in [9.17, 15) is 0 Å². The van der Waals surface area contributed by atoms with Gasteiger partial charge in [-0.15, -0.1) is 35.3 Å². The first-order valence-electron chi connectivity index (χ1n) is 8.06. The fraction of sp³-hybridized carbons (Fsp3) is 0.688. The molecular formula is C16H29IN4O2S. The van der Waals surface area contributed by atoms with Crippen LogP contribution in [-0.2, 0) is 9.47 Å². The lowest BCUT2D eigenvalue weighted by molar-refractivity contribution is 0.0177. The Hall–Kier alpha value is -0.420. The van der Waals surface area contributed by atoms with E-state index < -0.39 is 0 Å². The van der Waals surface area contributed by atoms with Crippen LogP contribution < -0.4 is 10.6 Å². The highest BCUT2D eigenvalue weighted by Crippen LogP contribution is 2.27. The molecule has 1 saturated heterocycles. The molecule has 0 aromatic carbocycles. The molecule has 1 unspecified atom stereocenters. The summed E-state index contributed by atoms with van der Waals surface area (Å²) < 4.78 is 10.6. The van der Waals surface area contributed by atoms with E-state index in [4.69, 9.17) is 9.47 Å². The van der Waals surface area contributed by atoms with E-state index in [1.165, 1.54) is 9.75 Å². The predicted molar refractivity (Wildman–Crippen MR) is 111 cm³/mol. The van der Waals surface area contributed by atoms with Crippen LogP contribution in [0.3, 0.4) is 0 Å². The van der Waals surface area contributed by atoms with Gasteiger partial charge < -0.3 is 20.1 Å². The third-order valence-corrected chi connectivity index (χ3v) is 4.96. The number of thiophene rings is 1. The molecule has 6 nitrogen and oxygen atoms in total. The Morgan fingerprint density at radius 2 is 2.12 bits per heavy atom. The smallest absolute Gasteiger partial charge is 0.191 e. The number of morpholine rings is 1. The molecule has 1 aromatic heterocycles. The molecule has 2 heterocycles. The molecule has 138 valence electrons. The zero-order valence-corrected chi connectivity index (χ0v) is 17.9. The number of nitrogens with zero attached hydrogens (tertiary/aromatic N) is 2. The number of ether oxygens (including phenoxy) is 2. The fourth-order valence-electron chi connectivity index (χ4n) is 2.62. The molecular weight excluding hydrogens is 439 g/mol. The van der Waals surface area contributed by atoms with Crippen molar-refractivity contribution < 1.29 is 9.47 Å². The van der Waals surface area contributed by atoms with E-state index in [0.29, 0.717) is 12.6 Å². The number of rotatable bonds is 7. The third kappa shape index (κ3) is 6.83. The Labute approximate surface area is 166 Å². The summed E-state index contributed by atoms with van der Waals surface area (Å²) in [6.45, 7) is 7.95. The first kappa shape index (κ1) is 21.6. The standard InChI is InChI=1S/C16H28N4O2S.HI/c1-13-4-5-15(23-13)14(20-7-10-22-11-8-20)12-19-16(17-2)18-6-9-21-3;/h4-5,14H,6-12H2,1-3H3,(H2,17,18,19);1H. The van der Waals surface area contributed by atoms with Crippen molar-refractivity contribution in [2.45, 2.75) is 13.0 Å². The number of aryl methyl sites for hydroxylation is 1. The van der Waals surface area contributed by atoms with Crippen molar-refractivity contribution in [3.05, 3.63) is 21.9 Å². The van der Waals surface area contributed by atoms with Crippen molar-refractivity contribution in [2.24, 2.45) is 4.99 Å². The zero-order chi connectivity index (χ0) is 16.5. The van der Waals surface area contributed by atoms with Gasteiger partial charge in [0.1, 0.15) is 0 Å². The van der Waals surface area contributed by atoms with Gasteiger partial charge >= 0.3 is 0 Å². The van der Waals surface area contributed by atoms with Gasteiger partial charge in [0.25, 0.3) is 0 Å². The van der Waals surface area contributed by atoms with Crippen LogP contribution in [-0.4, -0.2) is 71.0 Å². The average Bonchev–Trinajstić information content (AvgIpc) is 3.00. The zero-order valence-electron chi connectivity index (χ0n) is 14.7. The summed E-state index contributed by atoms with van der Waals surface area (Å²) in [5.74, 6) is 0.814. The van der Waals surface area contributed by atoms with Crippen molar-refractivity contribution in [2.75, 3.05) is 60.2 Å². The van der Waals surface area contributed by atoms with E-state index in [-0.39, 0.29) is 24.0 Å². The first-order chi connectivity index (χ1) is 11.2. The molecule has 1 aliphatic heterocycles. The molecule has 0 aliphatic carbocycles. The summed E-state index contributed by atoms with van der Waals surface area (Å²) in [4.78, 5) is 9.51. The molecule has 0 spiro atoms. The summed E-state index contributed by atoms with van der Waals surface area (Å²) in [5, 5.41) is 6.70. The number of methoxy groups -OCH3 is 1. The number of halogens is 1. The largest absolute Gasteiger partial charge is 0.383 e. The molecule has 1 atom stereocenters. The number of nitrogens with one attached hydrogen (secondary N) is 2. The molecule has 2 N–H and O–H groups in total. The van der Waals surface area contributed by atoms with Crippen molar-refractivity contribution in [1.82, 2.24) is 15.5 Å². The number of aliphatic imine (C=N–C) groups is 1. The average molecular weight is 468 g/mol. The Bertz CT molecular complexity index is 492. The predicted octanol–water partition coefficient (Wildman–Crippen LogP) is 1.86. The summed E-state index contributed by atoms with van der Waals surface area (Å²) in [6, 6.07) is 4.78. The minimum absolute atomic E-state index is 0. The van der Waals surface area contributed by atoms with Gasteiger partial charge in [-0.2, -0.15) is 0 Å². The van der Waals surface area contributed by atoms with Gasteiger partial charge in [-0.05, 0) is 19.1 Å². The Morgan fingerprint density at radius 1 is 1.38 bits per heavy atom. The molecule has 0 amide bonds. The molecule has 1 aromatic rings. The van der Waals surface area contributed by atoms with E-state index in [0.717, 1.165) is 45.4 Å². The van der Waals surface area contributed by atoms with Gasteiger partial charge in [0.05, 0.1) is 25.9 Å². The minimum Gasteiger partial charge on any atom is -0.383 e. The van der Waals surface area contributed by atoms with E-state index in [1.807, 2.05) is 11.3 Å². The number of hydrogen-bond donors (Lipinski definition) is 2. The Morgan fingerprint density at radius 3 is 2.71 bits per heavy atom. The Balaban J connectivity index is 0.00000288. The molecule has 24 heavy (non-hydrogen) atoms. The number of guanidine groups is 1. The van der Waals surface area contributed by atoms with Gasteiger partial charge in [-0.1, -0.05) is 0 Å². The summed E-state index contributed by atoms with van der Waals surface area (Å²) in [6.07, 6.45) is 0. The number of hydrogen-bond acceptors (Lipinski definition) is 5. The summed E-state index contributed by atoms with van der Waals surface area (Å²) >= 11 is 1.87. The van der Waals surface area contributed by atoms with Crippen LogP contribution in [0.2, 0.25) is 0 Å². The van der Waals surface area contributed by atoms with Crippen molar-refractivity contribution in [3.8, 4) is 0 Å². The Kier molecular flexibility index (Phi) is 10.8.